The van der Waals surface area contributed by atoms with Crippen LogP contribution >= 0.6 is 11.6 Å². The number of aryl methyl sites for hydroxylation is 2. The lowest BCUT2D eigenvalue weighted by molar-refractivity contribution is 0.102. The molecule has 2 heterocycles. The van der Waals surface area contributed by atoms with Gasteiger partial charge in [-0.25, -0.2) is 0 Å². The fourth-order valence-electron chi connectivity index (χ4n) is 4.43. The molecule has 0 fully saturated rings. The number of amides is 1. The number of nitrogens with zero attached hydrogens (tertiary/aromatic N) is 3. The van der Waals surface area contributed by atoms with Crippen molar-refractivity contribution in [1.82, 2.24) is 14.3 Å². The van der Waals surface area contributed by atoms with Gasteiger partial charge in [-0.15, -0.1) is 0 Å². The lowest BCUT2D eigenvalue weighted by Crippen LogP contribution is -2.27. The number of ether oxygens (including phenoxy) is 1. The summed E-state index contributed by atoms with van der Waals surface area (Å²) in [7, 11) is 3.33. The minimum absolute atomic E-state index is 0.147. The smallest absolute Gasteiger partial charge is 0.296 e. The van der Waals surface area contributed by atoms with Gasteiger partial charge >= 0.3 is 0 Å². The number of methoxy groups -OCH3 is 1. The first kappa shape index (κ1) is 22.7. The van der Waals surface area contributed by atoms with Gasteiger partial charge in [0.2, 0.25) is 0 Å². The molecule has 0 spiro atoms. The van der Waals surface area contributed by atoms with E-state index in [9.17, 15) is 9.59 Å². The summed E-state index contributed by atoms with van der Waals surface area (Å²) in [6.07, 6.45) is 0.761. The fraction of sp³-hybridized carbons (Fsp3) is 0.148. The molecule has 2 aromatic heterocycles. The van der Waals surface area contributed by atoms with Crippen molar-refractivity contribution in [3.63, 3.8) is 0 Å². The Labute approximate surface area is 206 Å². The summed E-state index contributed by atoms with van der Waals surface area (Å²) >= 11 is 6.34. The SMILES string of the molecule is CCc1ccccc1NC(=O)c1nn(-c2ccc(OC)c(Cl)c2)c(=O)c2c1c1ccccc1n2C. The lowest BCUT2D eigenvalue weighted by atomic mass is 10.1. The molecule has 5 rings (SSSR count). The molecule has 5 aromatic rings. The number of fused-ring (bicyclic) bond motifs is 3. The average Bonchev–Trinajstić information content (AvgIpc) is 3.17. The van der Waals surface area contributed by atoms with E-state index in [4.69, 9.17) is 16.3 Å². The fourth-order valence-corrected chi connectivity index (χ4v) is 4.68. The van der Waals surface area contributed by atoms with Crippen molar-refractivity contribution in [2.75, 3.05) is 12.4 Å². The molecule has 0 atom stereocenters. The summed E-state index contributed by atoms with van der Waals surface area (Å²) in [6.45, 7) is 2.03. The van der Waals surface area contributed by atoms with Gasteiger partial charge in [-0.05, 0) is 42.3 Å². The van der Waals surface area contributed by atoms with Crippen molar-refractivity contribution in [2.45, 2.75) is 13.3 Å². The van der Waals surface area contributed by atoms with E-state index in [-0.39, 0.29) is 11.3 Å². The molecule has 0 saturated heterocycles. The number of carbonyl (C=O) groups is 1. The van der Waals surface area contributed by atoms with E-state index in [1.54, 1.807) is 22.8 Å². The first-order valence-corrected chi connectivity index (χ1v) is 11.6. The molecule has 7 nitrogen and oxygen atoms in total. The average molecular weight is 487 g/mol. The third kappa shape index (κ3) is 3.74. The predicted molar refractivity (Wildman–Crippen MR) is 139 cm³/mol. The van der Waals surface area contributed by atoms with E-state index < -0.39 is 5.91 Å². The summed E-state index contributed by atoms with van der Waals surface area (Å²) in [5.41, 5.74) is 3.14. The first-order valence-electron chi connectivity index (χ1n) is 11.2. The largest absolute Gasteiger partial charge is 0.495 e. The Morgan fingerprint density at radius 3 is 2.57 bits per heavy atom. The molecule has 0 bridgehead atoms. The zero-order chi connectivity index (χ0) is 24.7. The topological polar surface area (TPSA) is 78.2 Å². The number of rotatable bonds is 5. The van der Waals surface area contributed by atoms with Gasteiger partial charge in [-0.2, -0.15) is 9.78 Å². The molecule has 0 unspecified atom stereocenters. The monoisotopic (exact) mass is 486 g/mol. The molecule has 0 aliphatic rings. The number of para-hydroxylation sites is 2. The normalized spacial score (nSPS) is 11.2. The van der Waals surface area contributed by atoms with Gasteiger partial charge in [0, 0.05) is 29.0 Å². The molecule has 3 aromatic carbocycles. The minimum Gasteiger partial charge on any atom is -0.495 e. The number of hydrogen-bond donors (Lipinski definition) is 1. The predicted octanol–water partition coefficient (Wildman–Crippen LogP) is 5.35. The summed E-state index contributed by atoms with van der Waals surface area (Å²) in [5, 5.41) is 9.18. The van der Waals surface area contributed by atoms with Crippen LogP contribution in [-0.4, -0.2) is 27.4 Å². The van der Waals surface area contributed by atoms with Gasteiger partial charge in [0.1, 0.15) is 11.3 Å². The van der Waals surface area contributed by atoms with E-state index >= 15 is 0 Å². The van der Waals surface area contributed by atoms with Gasteiger partial charge in [-0.1, -0.05) is 54.9 Å². The molecule has 0 aliphatic carbocycles. The third-order valence-electron chi connectivity index (χ3n) is 6.18. The molecule has 0 radical (unpaired) electrons. The van der Waals surface area contributed by atoms with Crippen LogP contribution in [0.5, 0.6) is 5.75 Å². The van der Waals surface area contributed by atoms with Gasteiger partial charge in [0.15, 0.2) is 5.69 Å². The Morgan fingerprint density at radius 2 is 1.83 bits per heavy atom. The van der Waals surface area contributed by atoms with Crippen molar-refractivity contribution in [2.24, 2.45) is 7.05 Å². The van der Waals surface area contributed by atoms with Crippen molar-refractivity contribution >= 4 is 45.0 Å². The molecule has 35 heavy (non-hydrogen) atoms. The van der Waals surface area contributed by atoms with Crippen LogP contribution < -0.4 is 15.6 Å². The van der Waals surface area contributed by atoms with Crippen LogP contribution in [0, 0.1) is 0 Å². The Hall–Kier alpha value is -4.10. The second kappa shape index (κ2) is 8.92. The summed E-state index contributed by atoms with van der Waals surface area (Å²) in [5.74, 6) is 0.0731. The highest BCUT2D eigenvalue weighted by molar-refractivity contribution is 6.32. The summed E-state index contributed by atoms with van der Waals surface area (Å²) < 4.78 is 8.25. The number of nitrogens with one attached hydrogen (secondary N) is 1. The highest BCUT2D eigenvalue weighted by Gasteiger charge is 2.24. The highest BCUT2D eigenvalue weighted by atomic mass is 35.5. The molecular formula is C27H23ClN4O3. The zero-order valence-electron chi connectivity index (χ0n) is 19.5. The zero-order valence-corrected chi connectivity index (χ0v) is 20.3. The molecule has 0 saturated carbocycles. The van der Waals surface area contributed by atoms with Gasteiger partial charge in [0.05, 0.1) is 17.8 Å². The van der Waals surface area contributed by atoms with Crippen LogP contribution in [0.15, 0.2) is 71.5 Å². The third-order valence-corrected chi connectivity index (χ3v) is 6.48. The number of halogens is 1. The maximum absolute atomic E-state index is 13.7. The second-order valence-corrected chi connectivity index (χ2v) is 8.56. The van der Waals surface area contributed by atoms with Crippen LogP contribution in [0.1, 0.15) is 23.0 Å². The lowest BCUT2D eigenvalue weighted by Gasteiger charge is -2.13. The van der Waals surface area contributed by atoms with Crippen LogP contribution in [0.25, 0.3) is 27.5 Å². The van der Waals surface area contributed by atoms with Gasteiger partial charge < -0.3 is 14.6 Å². The van der Waals surface area contributed by atoms with Crippen LogP contribution in [-0.2, 0) is 13.5 Å². The number of hydrogen-bond acceptors (Lipinski definition) is 4. The van der Waals surface area contributed by atoms with Crippen molar-refractivity contribution in [1.29, 1.82) is 0 Å². The van der Waals surface area contributed by atoms with Crippen LogP contribution in [0.2, 0.25) is 5.02 Å². The van der Waals surface area contributed by atoms with Crippen molar-refractivity contribution < 1.29 is 9.53 Å². The number of anilines is 1. The molecular weight excluding hydrogens is 464 g/mol. The Balaban J connectivity index is 1.79. The Bertz CT molecular complexity index is 1670. The van der Waals surface area contributed by atoms with E-state index in [0.717, 1.165) is 22.9 Å². The standard InChI is InChI=1S/C27H23ClN4O3/c1-4-16-9-5-7-11-20(16)29-26(33)24-23-18-10-6-8-12-21(18)31(2)25(23)27(34)32(30-24)17-13-14-22(35-3)19(28)15-17/h5-15H,4H2,1-3H3,(H,29,33). The van der Waals surface area contributed by atoms with E-state index in [2.05, 4.69) is 10.4 Å². The maximum Gasteiger partial charge on any atom is 0.296 e. The van der Waals surface area contributed by atoms with E-state index in [1.807, 2.05) is 62.5 Å². The summed E-state index contributed by atoms with van der Waals surface area (Å²) in [6, 6.07) is 20.2. The number of aromatic nitrogens is 3. The van der Waals surface area contributed by atoms with E-state index in [0.29, 0.717) is 33.0 Å². The van der Waals surface area contributed by atoms with Crippen LogP contribution in [0.3, 0.4) is 0 Å². The van der Waals surface area contributed by atoms with Crippen LogP contribution in [0.4, 0.5) is 5.69 Å². The highest BCUT2D eigenvalue weighted by Crippen LogP contribution is 2.30. The number of benzene rings is 3. The molecule has 8 heteroatoms. The summed E-state index contributed by atoms with van der Waals surface area (Å²) in [4.78, 5) is 27.4. The molecule has 176 valence electrons. The quantitative estimate of drug-likeness (QED) is 0.363. The Kier molecular flexibility index (Phi) is 5.78. The molecule has 1 N–H and O–H groups in total. The van der Waals surface area contributed by atoms with Gasteiger partial charge in [0.25, 0.3) is 11.5 Å². The van der Waals surface area contributed by atoms with Crippen molar-refractivity contribution in [3.05, 3.63) is 93.4 Å². The minimum atomic E-state index is -0.402. The molecule has 0 aliphatic heterocycles. The Morgan fingerprint density at radius 1 is 1.09 bits per heavy atom. The maximum atomic E-state index is 13.7. The van der Waals surface area contributed by atoms with E-state index in [1.165, 1.54) is 11.8 Å². The first-order chi connectivity index (χ1) is 16.9. The second-order valence-electron chi connectivity index (χ2n) is 8.15. The molecule has 1 amide bonds. The van der Waals surface area contributed by atoms with Crippen molar-refractivity contribution in [3.8, 4) is 11.4 Å². The van der Waals surface area contributed by atoms with Gasteiger partial charge in [-0.3, -0.25) is 9.59 Å². The number of carbonyl (C=O) groups excluding carboxylic acids is 1.